The fraction of sp³-hybridized carbons (Fsp3) is 0.632. The second kappa shape index (κ2) is 7.48. The van der Waals surface area contributed by atoms with Gasteiger partial charge in [-0.15, -0.1) is 0 Å². The maximum Gasteiger partial charge on any atom is 0.243 e. The molecule has 1 atom stereocenters. The first-order valence-corrected chi connectivity index (χ1v) is 10.6. The Morgan fingerprint density at radius 1 is 1.33 bits per heavy atom. The van der Waals surface area contributed by atoms with E-state index in [0.29, 0.717) is 51.2 Å². The number of halogens is 1. The monoisotopic (exact) mass is 398 g/mol. The van der Waals surface area contributed by atoms with Crippen LogP contribution in [0, 0.1) is 24.1 Å². The molecule has 2 fully saturated rings. The van der Waals surface area contributed by atoms with Gasteiger partial charge in [-0.05, 0) is 48.9 Å². The number of likely N-dealkylation sites (tertiary alicyclic amines) is 1. The summed E-state index contributed by atoms with van der Waals surface area (Å²) in [6, 6.07) is 3.91. The molecule has 2 saturated heterocycles. The maximum absolute atomic E-state index is 13.5. The first-order valence-electron chi connectivity index (χ1n) is 9.20. The van der Waals surface area contributed by atoms with Gasteiger partial charge in [0.1, 0.15) is 5.82 Å². The van der Waals surface area contributed by atoms with Crippen molar-refractivity contribution in [1.29, 1.82) is 0 Å². The molecule has 1 unspecified atom stereocenters. The number of benzene rings is 1. The van der Waals surface area contributed by atoms with E-state index < -0.39 is 15.8 Å². The number of amides is 1. The van der Waals surface area contributed by atoms with E-state index in [9.17, 15) is 17.6 Å². The van der Waals surface area contributed by atoms with Crippen molar-refractivity contribution in [2.24, 2.45) is 11.3 Å². The summed E-state index contributed by atoms with van der Waals surface area (Å²) in [4.78, 5) is 13.8. The smallest absolute Gasteiger partial charge is 0.243 e. The van der Waals surface area contributed by atoms with E-state index in [0.717, 1.165) is 0 Å². The largest absolute Gasteiger partial charge is 0.384 e. The lowest BCUT2D eigenvalue weighted by Gasteiger charge is -2.41. The molecule has 27 heavy (non-hydrogen) atoms. The van der Waals surface area contributed by atoms with Crippen LogP contribution >= 0.6 is 0 Å². The van der Waals surface area contributed by atoms with E-state index in [1.807, 2.05) is 4.90 Å². The lowest BCUT2D eigenvalue weighted by Crippen LogP contribution is -2.47. The zero-order valence-corrected chi connectivity index (χ0v) is 16.9. The molecule has 2 aliphatic rings. The third-order valence-electron chi connectivity index (χ3n) is 6.11. The number of sulfonamides is 1. The van der Waals surface area contributed by atoms with Gasteiger partial charge in [-0.25, -0.2) is 12.8 Å². The third kappa shape index (κ3) is 3.75. The maximum atomic E-state index is 13.5. The van der Waals surface area contributed by atoms with Crippen molar-refractivity contribution in [2.45, 2.75) is 31.6 Å². The third-order valence-corrected chi connectivity index (χ3v) is 8.01. The molecule has 150 valence electrons. The molecule has 0 aliphatic carbocycles. The highest BCUT2D eigenvalue weighted by Crippen LogP contribution is 2.45. The Bertz CT molecular complexity index is 819. The minimum Gasteiger partial charge on any atom is -0.384 e. The van der Waals surface area contributed by atoms with Gasteiger partial charge in [-0.1, -0.05) is 0 Å². The van der Waals surface area contributed by atoms with Gasteiger partial charge >= 0.3 is 0 Å². The molecular weight excluding hydrogens is 371 g/mol. The Balaban J connectivity index is 1.77. The van der Waals surface area contributed by atoms with Gasteiger partial charge in [-0.2, -0.15) is 4.31 Å². The number of ether oxygens (including phenoxy) is 1. The molecule has 0 saturated carbocycles. The zero-order chi connectivity index (χ0) is 19.8. The van der Waals surface area contributed by atoms with Crippen LogP contribution < -0.4 is 0 Å². The van der Waals surface area contributed by atoms with Crippen LogP contribution in [0.5, 0.6) is 0 Å². The summed E-state index contributed by atoms with van der Waals surface area (Å²) in [5.74, 6) is -0.154. The molecule has 1 aromatic rings. The minimum atomic E-state index is -3.65. The number of carbonyl (C=O) groups excluding carboxylic acids is 1. The van der Waals surface area contributed by atoms with Crippen LogP contribution in [0.25, 0.3) is 0 Å². The van der Waals surface area contributed by atoms with Gasteiger partial charge in [0, 0.05) is 46.1 Å². The lowest BCUT2D eigenvalue weighted by molar-refractivity contribution is -0.128. The van der Waals surface area contributed by atoms with Crippen LogP contribution in [0.15, 0.2) is 23.1 Å². The molecule has 1 spiro atoms. The van der Waals surface area contributed by atoms with Crippen LogP contribution in [-0.4, -0.2) is 63.4 Å². The summed E-state index contributed by atoms with van der Waals surface area (Å²) >= 11 is 0. The molecule has 1 amide bonds. The molecule has 1 aromatic carbocycles. The number of rotatable bonds is 4. The van der Waals surface area contributed by atoms with Crippen molar-refractivity contribution in [3.63, 3.8) is 0 Å². The molecule has 8 heteroatoms. The van der Waals surface area contributed by atoms with Crippen molar-refractivity contribution >= 4 is 15.9 Å². The van der Waals surface area contributed by atoms with Gasteiger partial charge in [0.05, 0.1) is 11.5 Å². The molecule has 2 aliphatic heterocycles. The summed E-state index contributed by atoms with van der Waals surface area (Å²) in [5.41, 5.74) is 0.212. The molecule has 0 bridgehead atoms. The van der Waals surface area contributed by atoms with E-state index in [-0.39, 0.29) is 22.1 Å². The van der Waals surface area contributed by atoms with Crippen LogP contribution in [0.3, 0.4) is 0 Å². The Labute approximate surface area is 160 Å². The summed E-state index contributed by atoms with van der Waals surface area (Å²) in [6.45, 7) is 5.79. The second-order valence-electron chi connectivity index (χ2n) is 7.73. The van der Waals surface area contributed by atoms with Crippen LogP contribution in [0.1, 0.15) is 25.3 Å². The van der Waals surface area contributed by atoms with Crippen molar-refractivity contribution < 1.29 is 22.3 Å². The van der Waals surface area contributed by atoms with E-state index >= 15 is 0 Å². The highest BCUT2D eigenvalue weighted by Gasteiger charge is 2.49. The van der Waals surface area contributed by atoms with Gasteiger partial charge < -0.3 is 9.64 Å². The van der Waals surface area contributed by atoms with Gasteiger partial charge in [-0.3, -0.25) is 4.79 Å². The lowest BCUT2D eigenvalue weighted by atomic mass is 9.71. The second-order valence-corrected chi connectivity index (χ2v) is 9.67. The highest BCUT2D eigenvalue weighted by molar-refractivity contribution is 7.89. The van der Waals surface area contributed by atoms with Crippen LogP contribution in [0.4, 0.5) is 4.39 Å². The normalized spacial score (nSPS) is 23.1. The number of aryl methyl sites for hydroxylation is 1. The summed E-state index contributed by atoms with van der Waals surface area (Å²) in [5, 5.41) is 0. The first-order chi connectivity index (χ1) is 12.7. The quantitative estimate of drug-likeness (QED) is 0.778. The molecule has 2 heterocycles. The zero-order valence-electron chi connectivity index (χ0n) is 16.1. The topological polar surface area (TPSA) is 66.9 Å². The van der Waals surface area contributed by atoms with Gasteiger partial charge in [0.15, 0.2) is 0 Å². The van der Waals surface area contributed by atoms with Crippen molar-refractivity contribution in [3.05, 3.63) is 29.6 Å². The number of hydrogen-bond donors (Lipinski definition) is 0. The SMILES string of the molecule is COCC1CN(C(C)=O)CC12CCN(S(=O)(=O)c1ccc(F)c(C)c1)CC2. The van der Waals surface area contributed by atoms with Crippen molar-refractivity contribution in [2.75, 3.05) is 39.9 Å². The summed E-state index contributed by atoms with van der Waals surface area (Å²) in [6.07, 6.45) is 1.37. The molecule has 3 rings (SSSR count). The Morgan fingerprint density at radius 2 is 2.00 bits per heavy atom. The first kappa shape index (κ1) is 20.2. The summed E-state index contributed by atoms with van der Waals surface area (Å²) in [7, 11) is -2.00. The van der Waals surface area contributed by atoms with Crippen molar-refractivity contribution in [1.82, 2.24) is 9.21 Å². The number of carbonyl (C=O) groups is 1. The molecule has 0 radical (unpaired) electrons. The number of nitrogens with zero attached hydrogens (tertiary/aromatic N) is 2. The van der Waals surface area contributed by atoms with Crippen molar-refractivity contribution in [3.8, 4) is 0 Å². The Hall–Kier alpha value is -1.51. The molecule has 0 N–H and O–H groups in total. The van der Waals surface area contributed by atoms with E-state index in [4.69, 9.17) is 4.74 Å². The molecule has 0 aromatic heterocycles. The van der Waals surface area contributed by atoms with Gasteiger partial charge in [0.25, 0.3) is 0 Å². The number of methoxy groups -OCH3 is 1. The predicted octanol–water partition coefficient (Wildman–Crippen LogP) is 2.03. The fourth-order valence-electron chi connectivity index (χ4n) is 4.37. The number of piperidine rings is 1. The standard InChI is InChI=1S/C19H27FN2O4S/c1-14-10-17(4-5-18(14)20)27(24,25)22-8-6-19(7-9-22)13-21(15(2)23)11-16(19)12-26-3/h4-5,10,16H,6-9,11-13H2,1-3H3. The van der Waals surface area contributed by atoms with Crippen LogP contribution in [0.2, 0.25) is 0 Å². The Morgan fingerprint density at radius 3 is 2.56 bits per heavy atom. The fourth-order valence-corrected chi connectivity index (χ4v) is 5.90. The molecule has 6 nitrogen and oxygen atoms in total. The van der Waals surface area contributed by atoms with E-state index in [2.05, 4.69) is 0 Å². The average molecular weight is 399 g/mol. The van der Waals surface area contributed by atoms with Gasteiger partial charge in [0.2, 0.25) is 15.9 Å². The summed E-state index contributed by atoms with van der Waals surface area (Å²) < 4.78 is 46.2. The predicted molar refractivity (Wildman–Crippen MR) is 99.2 cm³/mol. The highest BCUT2D eigenvalue weighted by atomic mass is 32.2. The number of hydrogen-bond acceptors (Lipinski definition) is 4. The van der Waals surface area contributed by atoms with E-state index in [1.165, 1.54) is 22.5 Å². The average Bonchev–Trinajstić information content (AvgIpc) is 2.96. The molecular formula is C19H27FN2O4S. The van der Waals surface area contributed by atoms with Crippen LogP contribution in [-0.2, 0) is 19.6 Å². The Kier molecular flexibility index (Phi) is 5.61. The minimum absolute atomic E-state index is 0.0461. The van der Waals surface area contributed by atoms with E-state index in [1.54, 1.807) is 21.0 Å².